The first-order valence-corrected chi connectivity index (χ1v) is 12.9. The number of benzene rings is 1. The van der Waals surface area contributed by atoms with Crippen molar-refractivity contribution >= 4 is 28.8 Å². The lowest BCUT2D eigenvalue weighted by Crippen LogP contribution is -2.48. The molecule has 0 amide bonds. The third kappa shape index (κ3) is 5.39. The van der Waals surface area contributed by atoms with Gasteiger partial charge in [0.15, 0.2) is 5.69 Å². The number of hydrogen-bond donors (Lipinski definition) is 1. The lowest BCUT2D eigenvalue weighted by molar-refractivity contribution is -0.141. The van der Waals surface area contributed by atoms with E-state index in [-0.39, 0.29) is 17.1 Å². The summed E-state index contributed by atoms with van der Waals surface area (Å²) in [5.74, 6) is 0. The van der Waals surface area contributed by atoms with E-state index >= 15 is 0 Å². The number of likely N-dealkylation sites (tertiary alicyclic amines) is 1. The third-order valence-electron chi connectivity index (χ3n) is 7.45. The average molecular weight is 525 g/mol. The van der Waals surface area contributed by atoms with Crippen LogP contribution in [0.2, 0.25) is 10.0 Å². The van der Waals surface area contributed by atoms with E-state index in [0.29, 0.717) is 12.1 Å². The van der Waals surface area contributed by atoms with Crippen LogP contribution in [-0.4, -0.2) is 59.6 Å². The number of nitrogens with two attached hydrogens (primary N) is 1. The summed E-state index contributed by atoms with van der Waals surface area (Å²) < 4.78 is 39.6. The lowest BCUT2D eigenvalue weighted by Gasteiger charge is -2.39. The highest BCUT2D eigenvalue weighted by atomic mass is 35.5. The Morgan fingerprint density at radius 2 is 1.94 bits per heavy atom. The van der Waals surface area contributed by atoms with Gasteiger partial charge < -0.3 is 5.73 Å². The molecule has 0 saturated carbocycles. The summed E-state index contributed by atoms with van der Waals surface area (Å²) in [6.07, 6.45) is -0.459. The lowest BCUT2D eigenvalue weighted by atomic mass is 9.92. The van der Waals surface area contributed by atoms with Crippen LogP contribution in [0, 0.1) is 0 Å². The molecule has 2 N–H and O–H groups in total. The van der Waals surface area contributed by atoms with Gasteiger partial charge in [-0.15, -0.1) is 0 Å². The van der Waals surface area contributed by atoms with Crippen LogP contribution in [0.1, 0.15) is 41.8 Å². The van der Waals surface area contributed by atoms with E-state index in [4.69, 9.17) is 28.9 Å². The van der Waals surface area contributed by atoms with Crippen molar-refractivity contribution in [3.63, 3.8) is 0 Å². The number of fused-ring (bicyclic) bond motifs is 2. The fourth-order valence-electron chi connectivity index (χ4n) is 5.76. The van der Waals surface area contributed by atoms with Gasteiger partial charge in [0.1, 0.15) is 0 Å². The highest BCUT2D eigenvalue weighted by molar-refractivity contribution is 6.31. The SMILES string of the molecule is NC1CCN(CC2C3=C(CCN2CCCc2ccc(Cl)c(C(F)(F)F)n2)c2cc(Cl)ccc2C3)C1. The molecule has 1 aliphatic carbocycles. The fourth-order valence-corrected chi connectivity index (χ4v) is 6.15. The smallest absolute Gasteiger partial charge is 0.326 e. The van der Waals surface area contributed by atoms with E-state index in [1.54, 1.807) is 6.07 Å². The molecular weight excluding hydrogens is 496 g/mol. The van der Waals surface area contributed by atoms with Gasteiger partial charge in [0.05, 0.1) is 5.02 Å². The van der Waals surface area contributed by atoms with Crippen LogP contribution in [0.25, 0.3) is 5.57 Å². The third-order valence-corrected chi connectivity index (χ3v) is 7.99. The Bertz CT molecular complexity index is 1130. The van der Waals surface area contributed by atoms with Gasteiger partial charge in [-0.25, -0.2) is 4.98 Å². The fraction of sp³-hybridized carbons (Fsp3) is 0.500. The number of nitrogens with zero attached hydrogens (tertiary/aromatic N) is 3. The van der Waals surface area contributed by atoms with Crippen LogP contribution in [0.4, 0.5) is 13.2 Å². The van der Waals surface area contributed by atoms with Gasteiger partial charge in [-0.3, -0.25) is 9.80 Å². The molecule has 35 heavy (non-hydrogen) atoms. The maximum atomic E-state index is 13.2. The first kappa shape index (κ1) is 25.0. The summed E-state index contributed by atoms with van der Waals surface area (Å²) in [5.41, 5.74) is 11.1. The van der Waals surface area contributed by atoms with E-state index in [0.717, 1.165) is 63.4 Å². The van der Waals surface area contributed by atoms with Crippen LogP contribution in [-0.2, 0) is 19.0 Å². The van der Waals surface area contributed by atoms with Crippen molar-refractivity contribution in [2.75, 3.05) is 32.7 Å². The second-order valence-corrected chi connectivity index (χ2v) is 10.7. The van der Waals surface area contributed by atoms with Gasteiger partial charge in [-0.1, -0.05) is 29.3 Å². The highest BCUT2D eigenvalue weighted by Gasteiger charge is 2.37. The topological polar surface area (TPSA) is 45.4 Å². The predicted octanol–water partition coefficient (Wildman–Crippen LogP) is 5.46. The van der Waals surface area contributed by atoms with Crippen molar-refractivity contribution in [2.24, 2.45) is 5.73 Å². The minimum Gasteiger partial charge on any atom is -0.326 e. The van der Waals surface area contributed by atoms with Gasteiger partial charge in [0, 0.05) is 42.4 Å². The Labute approximate surface area is 213 Å². The summed E-state index contributed by atoms with van der Waals surface area (Å²) in [6, 6.07) is 9.55. The zero-order valence-corrected chi connectivity index (χ0v) is 20.9. The summed E-state index contributed by atoms with van der Waals surface area (Å²) in [7, 11) is 0. The van der Waals surface area contributed by atoms with Gasteiger partial charge in [-0.05, 0) is 91.7 Å². The summed E-state index contributed by atoms with van der Waals surface area (Å²) in [4.78, 5) is 8.75. The number of hydrogen-bond acceptors (Lipinski definition) is 4. The van der Waals surface area contributed by atoms with Gasteiger partial charge >= 0.3 is 6.18 Å². The molecule has 1 saturated heterocycles. The molecule has 1 fully saturated rings. The number of alkyl halides is 3. The Kier molecular flexibility index (Phi) is 7.16. The highest BCUT2D eigenvalue weighted by Crippen LogP contribution is 2.42. The van der Waals surface area contributed by atoms with Crippen molar-refractivity contribution in [1.29, 1.82) is 0 Å². The molecule has 0 bridgehead atoms. The normalized spacial score (nSPS) is 23.1. The van der Waals surface area contributed by atoms with Crippen LogP contribution in [0.15, 0.2) is 35.9 Å². The standard InChI is InChI=1S/C26H29Cl2F3N4/c27-17-4-3-16-12-22-20(21(16)13-17)8-11-35(24(22)15-34-10-7-18(32)14-34)9-1-2-19-5-6-23(28)25(33-19)26(29,30)31/h3-6,13,18,24H,1-2,7-12,14-15,32H2. The largest absolute Gasteiger partial charge is 0.434 e. The molecule has 3 aliphatic rings. The zero-order chi connectivity index (χ0) is 24.7. The molecule has 188 valence electrons. The van der Waals surface area contributed by atoms with Gasteiger partial charge in [0.2, 0.25) is 0 Å². The Balaban J connectivity index is 1.32. The van der Waals surface area contributed by atoms with Crippen molar-refractivity contribution < 1.29 is 13.2 Å². The second kappa shape index (κ2) is 10.0. The first-order chi connectivity index (χ1) is 16.7. The Morgan fingerprint density at radius 3 is 2.69 bits per heavy atom. The number of aryl methyl sites for hydroxylation is 1. The van der Waals surface area contributed by atoms with Crippen LogP contribution in [0.5, 0.6) is 0 Å². The van der Waals surface area contributed by atoms with E-state index in [9.17, 15) is 13.2 Å². The Morgan fingerprint density at radius 1 is 1.11 bits per heavy atom. The van der Waals surface area contributed by atoms with Crippen LogP contribution in [0.3, 0.4) is 0 Å². The zero-order valence-electron chi connectivity index (χ0n) is 19.4. The van der Waals surface area contributed by atoms with Crippen molar-refractivity contribution in [3.8, 4) is 0 Å². The van der Waals surface area contributed by atoms with Crippen molar-refractivity contribution in [1.82, 2.24) is 14.8 Å². The van der Waals surface area contributed by atoms with E-state index in [1.807, 2.05) is 6.07 Å². The summed E-state index contributed by atoms with van der Waals surface area (Å²) >= 11 is 12.0. The maximum Gasteiger partial charge on any atom is 0.434 e. The van der Waals surface area contributed by atoms with E-state index in [1.165, 1.54) is 28.3 Å². The van der Waals surface area contributed by atoms with Gasteiger partial charge in [0.25, 0.3) is 0 Å². The molecule has 1 aromatic heterocycles. The molecule has 5 rings (SSSR count). The number of halogens is 5. The van der Waals surface area contributed by atoms with Gasteiger partial charge in [-0.2, -0.15) is 13.2 Å². The molecule has 3 heterocycles. The monoisotopic (exact) mass is 524 g/mol. The molecule has 4 nitrogen and oxygen atoms in total. The molecule has 2 aromatic rings. The second-order valence-electron chi connectivity index (χ2n) is 9.83. The summed E-state index contributed by atoms with van der Waals surface area (Å²) in [5, 5.41) is 0.400. The van der Waals surface area contributed by atoms with E-state index in [2.05, 4.69) is 26.9 Å². The molecule has 2 atom stereocenters. The molecular formula is C26H29Cl2F3N4. The number of rotatable bonds is 6. The summed E-state index contributed by atoms with van der Waals surface area (Å²) in [6.45, 7) is 4.54. The molecule has 1 aromatic carbocycles. The maximum absolute atomic E-state index is 13.2. The minimum atomic E-state index is -4.55. The molecule has 0 spiro atoms. The number of pyridine rings is 1. The van der Waals surface area contributed by atoms with Crippen molar-refractivity contribution in [3.05, 3.63) is 68.5 Å². The van der Waals surface area contributed by atoms with E-state index < -0.39 is 11.9 Å². The molecule has 2 unspecified atom stereocenters. The first-order valence-electron chi connectivity index (χ1n) is 12.1. The Hall–Kier alpha value is -1.64. The van der Waals surface area contributed by atoms with Crippen molar-refractivity contribution in [2.45, 2.75) is 50.4 Å². The quantitative estimate of drug-likeness (QED) is 0.545. The average Bonchev–Trinajstić information content (AvgIpc) is 3.38. The predicted molar refractivity (Wildman–Crippen MR) is 134 cm³/mol. The molecule has 9 heteroatoms. The molecule has 0 radical (unpaired) electrons. The van der Waals surface area contributed by atoms with Crippen LogP contribution < -0.4 is 5.73 Å². The number of aromatic nitrogens is 1. The minimum absolute atomic E-state index is 0.221. The molecule has 2 aliphatic heterocycles. The van der Waals surface area contributed by atoms with Crippen LogP contribution >= 0.6 is 23.2 Å².